The Hall–Kier alpha value is -2.66. The van der Waals surface area contributed by atoms with E-state index in [1.807, 2.05) is 49.4 Å². The number of benzene rings is 2. The van der Waals surface area contributed by atoms with Crippen LogP contribution in [-0.4, -0.2) is 35.9 Å². The molecule has 5 nitrogen and oxygen atoms in total. The number of hydrogen-bond acceptors (Lipinski definition) is 3. The number of nitrogens with zero attached hydrogens (tertiary/aromatic N) is 1. The highest BCUT2D eigenvalue weighted by molar-refractivity contribution is 6.04. The first-order valence-corrected chi connectivity index (χ1v) is 12.0. The zero-order valence-corrected chi connectivity index (χ0v) is 18.8. The van der Waals surface area contributed by atoms with Crippen molar-refractivity contribution in [3.05, 3.63) is 65.2 Å². The fourth-order valence-corrected chi connectivity index (χ4v) is 5.53. The topological polar surface area (TPSA) is 58.6 Å². The van der Waals surface area contributed by atoms with Crippen molar-refractivity contribution in [2.45, 2.75) is 57.7 Å². The summed E-state index contributed by atoms with van der Waals surface area (Å²) in [5, 5.41) is 3.01. The summed E-state index contributed by atoms with van der Waals surface area (Å²) in [5.74, 6) is 0.901. The molecule has 1 saturated carbocycles. The van der Waals surface area contributed by atoms with Gasteiger partial charge in [0.25, 0.3) is 5.91 Å². The molecule has 2 heterocycles. The van der Waals surface area contributed by atoms with Crippen LogP contribution >= 0.6 is 0 Å². The Balaban J connectivity index is 1.22. The largest absolute Gasteiger partial charge is 0.370 e. The van der Waals surface area contributed by atoms with E-state index in [9.17, 15) is 9.59 Å². The lowest BCUT2D eigenvalue weighted by Crippen LogP contribution is -2.46. The van der Waals surface area contributed by atoms with E-state index in [2.05, 4.69) is 16.3 Å². The molecule has 3 unspecified atom stereocenters. The molecule has 2 aromatic rings. The second-order valence-corrected chi connectivity index (χ2v) is 9.66. The normalized spacial score (nSPS) is 25.5. The minimum Gasteiger partial charge on any atom is -0.370 e. The van der Waals surface area contributed by atoms with Gasteiger partial charge in [-0.1, -0.05) is 42.7 Å². The zero-order valence-electron chi connectivity index (χ0n) is 18.8. The van der Waals surface area contributed by atoms with Gasteiger partial charge in [0.2, 0.25) is 5.91 Å². The Morgan fingerprint density at radius 1 is 1.03 bits per heavy atom. The maximum atomic E-state index is 12.9. The van der Waals surface area contributed by atoms with Crippen LogP contribution in [0.15, 0.2) is 48.5 Å². The van der Waals surface area contributed by atoms with Crippen molar-refractivity contribution in [3.63, 3.8) is 0 Å². The van der Waals surface area contributed by atoms with Crippen LogP contribution in [0.3, 0.4) is 0 Å². The molecule has 168 valence electrons. The third kappa shape index (κ3) is 4.44. The second kappa shape index (κ2) is 9.07. The highest BCUT2D eigenvalue weighted by Gasteiger charge is 2.41. The zero-order chi connectivity index (χ0) is 22.1. The van der Waals surface area contributed by atoms with E-state index >= 15 is 0 Å². The number of rotatable bonds is 4. The van der Waals surface area contributed by atoms with Gasteiger partial charge in [-0.2, -0.15) is 0 Å². The number of hydrogen-bond donors (Lipinski definition) is 1. The third-order valence-corrected chi connectivity index (χ3v) is 7.37. The van der Waals surface area contributed by atoms with Crippen molar-refractivity contribution in [1.82, 2.24) is 4.90 Å². The molecule has 3 fully saturated rings. The summed E-state index contributed by atoms with van der Waals surface area (Å²) >= 11 is 0. The van der Waals surface area contributed by atoms with E-state index in [-0.39, 0.29) is 24.0 Å². The van der Waals surface area contributed by atoms with Crippen LogP contribution in [0.5, 0.6) is 0 Å². The smallest absolute Gasteiger partial charge is 0.255 e. The van der Waals surface area contributed by atoms with Gasteiger partial charge in [-0.3, -0.25) is 9.59 Å². The Morgan fingerprint density at radius 2 is 1.81 bits per heavy atom. The van der Waals surface area contributed by atoms with Crippen LogP contribution in [0.2, 0.25) is 0 Å². The number of carbonyl (C=O) groups is 2. The first-order valence-electron chi connectivity index (χ1n) is 12.0. The molecule has 2 aliphatic heterocycles. The SMILES string of the molecule is Cc1ccc(C(=O)Nc2cccc(C3CC4CN(C(=O)C5CCCC5)CCC4O3)c2)cc1. The molecular formula is C27H32N2O3. The molecule has 32 heavy (non-hydrogen) atoms. The van der Waals surface area contributed by atoms with Gasteiger partial charge in [0, 0.05) is 36.2 Å². The molecular weight excluding hydrogens is 400 g/mol. The molecule has 0 radical (unpaired) electrons. The fraction of sp³-hybridized carbons (Fsp3) is 0.481. The van der Waals surface area contributed by atoms with Gasteiger partial charge in [-0.15, -0.1) is 0 Å². The van der Waals surface area contributed by atoms with Crippen LogP contribution in [0, 0.1) is 18.8 Å². The standard InChI is InChI=1S/C27H32N2O3/c1-18-9-11-19(12-10-18)26(30)28-23-8-4-7-21(15-23)25-16-22-17-29(14-13-24(22)32-25)27(31)20-5-2-3-6-20/h4,7-12,15,20,22,24-25H,2-3,5-6,13-14,16-17H2,1H3,(H,28,30). The van der Waals surface area contributed by atoms with Gasteiger partial charge in [0.15, 0.2) is 0 Å². The summed E-state index contributed by atoms with van der Waals surface area (Å²) in [6, 6.07) is 15.6. The first-order chi connectivity index (χ1) is 15.6. The minimum atomic E-state index is -0.107. The molecule has 2 aromatic carbocycles. The predicted octanol–water partition coefficient (Wildman–Crippen LogP) is 5.12. The number of fused-ring (bicyclic) bond motifs is 1. The number of aryl methyl sites for hydroxylation is 1. The average Bonchev–Trinajstić information content (AvgIpc) is 3.49. The molecule has 3 atom stereocenters. The Kier molecular flexibility index (Phi) is 6.01. The number of piperidine rings is 1. The molecule has 2 amide bonds. The lowest BCUT2D eigenvalue weighted by molar-refractivity contribution is -0.138. The van der Waals surface area contributed by atoms with E-state index in [4.69, 9.17) is 4.74 Å². The average molecular weight is 433 g/mol. The van der Waals surface area contributed by atoms with Crippen molar-refractivity contribution in [2.75, 3.05) is 18.4 Å². The summed E-state index contributed by atoms with van der Waals surface area (Å²) in [5.41, 5.74) is 3.66. The number of ether oxygens (including phenoxy) is 1. The van der Waals surface area contributed by atoms with Crippen LogP contribution in [-0.2, 0) is 9.53 Å². The van der Waals surface area contributed by atoms with Crippen molar-refractivity contribution >= 4 is 17.5 Å². The summed E-state index contributed by atoms with van der Waals surface area (Å²) in [6.45, 7) is 3.64. The van der Waals surface area contributed by atoms with Crippen LogP contribution in [0.1, 0.15) is 66.1 Å². The van der Waals surface area contributed by atoms with Gasteiger partial charge in [0.05, 0.1) is 12.2 Å². The Labute approximate surface area is 190 Å². The molecule has 0 spiro atoms. The number of amides is 2. The molecule has 0 bridgehead atoms. The monoisotopic (exact) mass is 432 g/mol. The fourth-order valence-electron chi connectivity index (χ4n) is 5.53. The quantitative estimate of drug-likeness (QED) is 0.730. The summed E-state index contributed by atoms with van der Waals surface area (Å²) < 4.78 is 6.41. The molecule has 5 heteroatoms. The van der Waals surface area contributed by atoms with E-state index in [1.165, 1.54) is 12.8 Å². The van der Waals surface area contributed by atoms with Gasteiger partial charge >= 0.3 is 0 Å². The van der Waals surface area contributed by atoms with Crippen molar-refractivity contribution in [3.8, 4) is 0 Å². The van der Waals surface area contributed by atoms with Crippen molar-refractivity contribution < 1.29 is 14.3 Å². The predicted molar refractivity (Wildman–Crippen MR) is 124 cm³/mol. The highest BCUT2D eigenvalue weighted by atomic mass is 16.5. The second-order valence-electron chi connectivity index (χ2n) is 9.66. The van der Waals surface area contributed by atoms with E-state index in [1.54, 1.807) is 0 Å². The number of likely N-dealkylation sites (tertiary alicyclic amines) is 1. The summed E-state index contributed by atoms with van der Waals surface area (Å²) in [6.07, 6.45) is 6.59. The van der Waals surface area contributed by atoms with E-state index in [0.717, 1.165) is 55.6 Å². The van der Waals surface area contributed by atoms with Crippen LogP contribution < -0.4 is 5.32 Å². The molecule has 3 aliphatic rings. The maximum absolute atomic E-state index is 12.9. The van der Waals surface area contributed by atoms with Gasteiger partial charge < -0.3 is 15.0 Å². The summed E-state index contributed by atoms with van der Waals surface area (Å²) in [4.78, 5) is 27.6. The van der Waals surface area contributed by atoms with Crippen molar-refractivity contribution in [2.24, 2.45) is 11.8 Å². The van der Waals surface area contributed by atoms with Gasteiger partial charge in [-0.25, -0.2) is 0 Å². The summed E-state index contributed by atoms with van der Waals surface area (Å²) in [7, 11) is 0. The Morgan fingerprint density at radius 3 is 2.59 bits per heavy atom. The lowest BCUT2D eigenvalue weighted by atomic mass is 9.90. The van der Waals surface area contributed by atoms with Crippen molar-refractivity contribution in [1.29, 1.82) is 0 Å². The Bertz CT molecular complexity index is 981. The van der Waals surface area contributed by atoms with E-state index < -0.39 is 0 Å². The molecule has 1 N–H and O–H groups in total. The maximum Gasteiger partial charge on any atom is 0.255 e. The highest BCUT2D eigenvalue weighted by Crippen LogP contribution is 2.42. The van der Waals surface area contributed by atoms with Gasteiger partial charge in [0.1, 0.15) is 0 Å². The molecule has 5 rings (SSSR count). The number of nitrogens with one attached hydrogen (secondary N) is 1. The molecule has 2 saturated heterocycles. The first kappa shape index (κ1) is 21.2. The number of anilines is 1. The number of carbonyl (C=O) groups excluding carboxylic acids is 2. The van der Waals surface area contributed by atoms with E-state index in [0.29, 0.717) is 17.4 Å². The van der Waals surface area contributed by atoms with Crippen LogP contribution in [0.4, 0.5) is 5.69 Å². The minimum absolute atomic E-state index is 0.0164. The molecule has 1 aliphatic carbocycles. The van der Waals surface area contributed by atoms with Gasteiger partial charge in [-0.05, 0) is 62.4 Å². The van der Waals surface area contributed by atoms with Crippen LogP contribution in [0.25, 0.3) is 0 Å². The lowest BCUT2D eigenvalue weighted by Gasteiger charge is -2.35. The molecule has 0 aromatic heterocycles. The third-order valence-electron chi connectivity index (χ3n) is 7.37.